The van der Waals surface area contributed by atoms with Crippen LogP contribution >= 0.6 is 0 Å². The van der Waals surface area contributed by atoms with Crippen molar-refractivity contribution in [2.24, 2.45) is 0 Å². The van der Waals surface area contributed by atoms with Crippen LogP contribution in [0.5, 0.6) is 5.75 Å². The van der Waals surface area contributed by atoms with E-state index in [1.165, 1.54) is 6.07 Å². The molecule has 0 fully saturated rings. The van der Waals surface area contributed by atoms with E-state index in [9.17, 15) is 13.6 Å². The second-order valence-electron chi connectivity index (χ2n) is 4.03. The van der Waals surface area contributed by atoms with Gasteiger partial charge in [-0.3, -0.25) is 4.79 Å². The van der Waals surface area contributed by atoms with Crippen LogP contribution in [0.25, 0.3) is 0 Å². The van der Waals surface area contributed by atoms with Crippen LogP contribution in [0.2, 0.25) is 0 Å². The van der Waals surface area contributed by atoms with Gasteiger partial charge in [0.1, 0.15) is 5.75 Å². The quantitative estimate of drug-likeness (QED) is 0.845. The molecule has 6 heteroatoms. The lowest BCUT2D eigenvalue weighted by molar-refractivity contribution is -0.118. The lowest BCUT2D eigenvalue weighted by Crippen LogP contribution is -2.20. The summed E-state index contributed by atoms with van der Waals surface area (Å²) in [6, 6.07) is 9.64. The summed E-state index contributed by atoms with van der Waals surface area (Å²) < 4.78 is 30.7. The Kier molecular flexibility index (Phi) is 4.14. The molecule has 0 saturated heterocycles. The predicted octanol–water partition coefficient (Wildman–Crippen LogP) is 2.56. The van der Waals surface area contributed by atoms with E-state index in [0.29, 0.717) is 11.4 Å². The second kappa shape index (κ2) is 6.01. The van der Waals surface area contributed by atoms with Crippen molar-refractivity contribution in [3.05, 3.63) is 54.1 Å². The van der Waals surface area contributed by atoms with E-state index in [0.717, 1.165) is 12.1 Å². The minimum Gasteiger partial charge on any atom is -0.484 e. The third kappa shape index (κ3) is 3.68. The largest absolute Gasteiger partial charge is 0.484 e. The van der Waals surface area contributed by atoms with Gasteiger partial charge in [0.2, 0.25) is 0 Å². The molecule has 0 spiro atoms. The first-order valence-corrected chi connectivity index (χ1v) is 5.78. The maximum absolute atomic E-state index is 12.9. The normalized spacial score (nSPS) is 10.1. The molecule has 1 amide bonds. The van der Waals surface area contributed by atoms with Crippen LogP contribution in [-0.2, 0) is 4.79 Å². The number of hydrogen-bond donors (Lipinski definition) is 2. The number of rotatable bonds is 4. The number of anilines is 2. The van der Waals surface area contributed by atoms with Crippen molar-refractivity contribution in [1.82, 2.24) is 0 Å². The number of hydrogen-bond acceptors (Lipinski definition) is 3. The number of nitrogens with one attached hydrogen (secondary N) is 1. The van der Waals surface area contributed by atoms with Crippen LogP contribution in [0.1, 0.15) is 0 Å². The van der Waals surface area contributed by atoms with E-state index in [-0.39, 0.29) is 12.4 Å². The molecule has 0 aliphatic carbocycles. The van der Waals surface area contributed by atoms with Crippen molar-refractivity contribution in [1.29, 1.82) is 0 Å². The van der Waals surface area contributed by atoms with E-state index in [1.807, 2.05) is 0 Å². The Bertz CT molecular complexity index is 615. The molecular formula is C14H12F2N2O2. The number of halogens is 2. The Morgan fingerprint density at radius 1 is 1.10 bits per heavy atom. The summed E-state index contributed by atoms with van der Waals surface area (Å²) in [5.41, 5.74) is 6.67. The van der Waals surface area contributed by atoms with Gasteiger partial charge in [0.15, 0.2) is 18.2 Å². The second-order valence-corrected chi connectivity index (χ2v) is 4.03. The first-order valence-electron chi connectivity index (χ1n) is 5.78. The number of ether oxygens (including phenoxy) is 1. The highest BCUT2D eigenvalue weighted by Gasteiger charge is 2.06. The highest BCUT2D eigenvalue weighted by atomic mass is 19.2. The van der Waals surface area contributed by atoms with Crippen LogP contribution in [0.4, 0.5) is 20.2 Å². The molecule has 0 aliphatic heterocycles. The summed E-state index contributed by atoms with van der Waals surface area (Å²) in [4.78, 5) is 11.6. The summed E-state index contributed by atoms with van der Waals surface area (Å²) in [5, 5.41) is 2.58. The topological polar surface area (TPSA) is 64.3 Å². The molecule has 3 N–H and O–H groups in total. The van der Waals surface area contributed by atoms with Gasteiger partial charge in [-0.05, 0) is 36.4 Å². The molecule has 0 radical (unpaired) electrons. The molecule has 20 heavy (non-hydrogen) atoms. The zero-order valence-corrected chi connectivity index (χ0v) is 10.4. The van der Waals surface area contributed by atoms with Crippen molar-refractivity contribution in [3.63, 3.8) is 0 Å². The van der Waals surface area contributed by atoms with Crippen LogP contribution in [-0.4, -0.2) is 12.5 Å². The first kappa shape index (κ1) is 13.8. The fourth-order valence-electron chi connectivity index (χ4n) is 1.48. The SMILES string of the molecule is Nc1ccc(NC(=O)COc2ccc(F)c(F)c2)cc1. The fourth-order valence-corrected chi connectivity index (χ4v) is 1.48. The standard InChI is InChI=1S/C14H12F2N2O2/c15-12-6-5-11(7-13(12)16)20-8-14(19)18-10-3-1-9(17)2-4-10/h1-7H,8,17H2,(H,18,19). The molecule has 0 unspecified atom stereocenters. The Morgan fingerprint density at radius 2 is 1.80 bits per heavy atom. The molecule has 0 aromatic heterocycles. The summed E-state index contributed by atoms with van der Waals surface area (Å²) in [6.45, 7) is -0.310. The summed E-state index contributed by atoms with van der Waals surface area (Å²) >= 11 is 0. The maximum Gasteiger partial charge on any atom is 0.262 e. The monoisotopic (exact) mass is 278 g/mol. The average Bonchev–Trinajstić information content (AvgIpc) is 2.43. The third-order valence-corrected chi connectivity index (χ3v) is 2.46. The molecule has 0 aliphatic rings. The Morgan fingerprint density at radius 3 is 2.45 bits per heavy atom. The highest BCUT2D eigenvalue weighted by molar-refractivity contribution is 5.92. The summed E-state index contributed by atoms with van der Waals surface area (Å²) in [6.07, 6.45) is 0. The predicted molar refractivity (Wildman–Crippen MR) is 71.3 cm³/mol. The van der Waals surface area contributed by atoms with Crippen molar-refractivity contribution < 1.29 is 18.3 Å². The molecule has 0 atom stereocenters. The van der Waals surface area contributed by atoms with Crippen molar-refractivity contribution in [3.8, 4) is 5.75 Å². The van der Waals surface area contributed by atoms with E-state index in [1.54, 1.807) is 24.3 Å². The molecule has 4 nitrogen and oxygen atoms in total. The van der Waals surface area contributed by atoms with Gasteiger partial charge < -0.3 is 15.8 Å². The van der Waals surface area contributed by atoms with Gasteiger partial charge in [0, 0.05) is 17.4 Å². The summed E-state index contributed by atoms with van der Waals surface area (Å²) in [5.74, 6) is -2.33. The zero-order valence-electron chi connectivity index (χ0n) is 10.4. The number of carbonyl (C=O) groups is 1. The van der Waals surface area contributed by atoms with Gasteiger partial charge in [-0.15, -0.1) is 0 Å². The molecule has 104 valence electrons. The number of nitrogen functional groups attached to an aromatic ring is 1. The van der Waals surface area contributed by atoms with Gasteiger partial charge in [-0.2, -0.15) is 0 Å². The lowest BCUT2D eigenvalue weighted by Gasteiger charge is -2.08. The number of benzene rings is 2. The molecule has 2 aromatic rings. The zero-order chi connectivity index (χ0) is 14.5. The number of nitrogens with two attached hydrogens (primary N) is 1. The van der Waals surface area contributed by atoms with Crippen molar-refractivity contribution >= 4 is 17.3 Å². The molecular weight excluding hydrogens is 266 g/mol. The minimum absolute atomic E-state index is 0.0800. The smallest absolute Gasteiger partial charge is 0.262 e. The number of amides is 1. The van der Waals surface area contributed by atoms with Gasteiger partial charge >= 0.3 is 0 Å². The number of carbonyl (C=O) groups excluding carboxylic acids is 1. The van der Waals surface area contributed by atoms with Crippen LogP contribution in [0.3, 0.4) is 0 Å². The molecule has 0 saturated carbocycles. The van der Waals surface area contributed by atoms with E-state index < -0.39 is 17.5 Å². The van der Waals surface area contributed by atoms with Crippen LogP contribution < -0.4 is 15.8 Å². The molecule has 0 heterocycles. The summed E-state index contributed by atoms with van der Waals surface area (Å²) in [7, 11) is 0. The van der Waals surface area contributed by atoms with Crippen LogP contribution in [0, 0.1) is 11.6 Å². The minimum atomic E-state index is -1.03. The van der Waals surface area contributed by atoms with E-state index >= 15 is 0 Å². The molecule has 2 rings (SSSR count). The van der Waals surface area contributed by atoms with Gasteiger partial charge in [-0.1, -0.05) is 0 Å². The average molecular weight is 278 g/mol. The third-order valence-electron chi connectivity index (χ3n) is 2.46. The van der Waals surface area contributed by atoms with Gasteiger partial charge in [-0.25, -0.2) is 8.78 Å². The van der Waals surface area contributed by atoms with E-state index in [2.05, 4.69) is 5.32 Å². The Balaban J connectivity index is 1.88. The lowest BCUT2D eigenvalue weighted by atomic mass is 10.3. The molecule has 0 bridgehead atoms. The van der Waals surface area contributed by atoms with Gasteiger partial charge in [0.05, 0.1) is 0 Å². The van der Waals surface area contributed by atoms with Crippen molar-refractivity contribution in [2.75, 3.05) is 17.7 Å². The molecule has 2 aromatic carbocycles. The Labute approximate surface area is 114 Å². The fraction of sp³-hybridized carbons (Fsp3) is 0.0714. The van der Waals surface area contributed by atoms with E-state index in [4.69, 9.17) is 10.5 Å². The van der Waals surface area contributed by atoms with Crippen LogP contribution in [0.15, 0.2) is 42.5 Å². The maximum atomic E-state index is 12.9. The first-order chi connectivity index (χ1) is 9.54. The van der Waals surface area contributed by atoms with Crippen molar-refractivity contribution in [2.45, 2.75) is 0 Å². The highest BCUT2D eigenvalue weighted by Crippen LogP contribution is 2.15. The Hall–Kier alpha value is -2.63. The van der Waals surface area contributed by atoms with Gasteiger partial charge in [0.25, 0.3) is 5.91 Å².